The topological polar surface area (TPSA) is 136 Å². The second kappa shape index (κ2) is 10.6. The zero-order valence-electron chi connectivity index (χ0n) is 19.5. The smallest absolute Gasteiger partial charge is 0.342 e. The molecule has 0 N–H and O–H groups in total. The van der Waals surface area contributed by atoms with Gasteiger partial charge in [-0.15, -0.1) is 0 Å². The first kappa shape index (κ1) is 25.8. The summed E-state index contributed by atoms with van der Waals surface area (Å²) in [7, 11) is 0. The molecule has 1 saturated heterocycles. The minimum Gasteiger partial charge on any atom is -0.458 e. The lowest BCUT2D eigenvalue weighted by atomic mass is 10.1. The van der Waals surface area contributed by atoms with Gasteiger partial charge in [0, 0.05) is 37.3 Å². The zero-order valence-corrected chi connectivity index (χ0v) is 20.2. The Morgan fingerprint density at radius 3 is 2.60 bits per heavy atom. The maximum atomic E-state index is 13.4. The van der Waals surface area contributed by atoms with E-state index >= 15 is 0 Å². The van der Waals surface area contributed by atoms with Crippen LogP contribution < -0.4 is 0 Å². The number of nitro groups is 1. The number of ether oxygens (including phenoxy) is 1. The van der Waals surface area contributed by atoms with E-state index in [-0.39, 0.29) is 53.8 Å². The first-order valence-electron chi connectivity index (χ1n) is 10.7. The predicted octanol–water partition coefficient (Wildman–Crippen LogP) is 2.98. The summed E-state index contributed by atoms with van der Waals surface area (Å²) in [4.78, 5) is 60.9. The van der Waals surface area contributed by atoms with Gasteiger partial charge in [0.2, 0.25) is 0 Å². The minimum absolute atomic E-state index is 0.0120. The highest BCUT2D eigenvalue weighted by Gasteiger charge is 2.34. The molecule has 1 fully saturated rings. The van der Waals surface area contributed by atoms with Crippen molar-refractivity contribution >= 4 is 35.1 Å². The van der Waals surface area contributed by atoms with E-state index in [2.05, 4.69) is 16.5 Å². The summed E-state index contributed by atoms with van der Waals surface area (Å²) < 4.78 is 5.11. The van der Waals surface area contributed by atoms with Crippen LogP contribution in [0.5, 0.6) is 0 Å². The molecule has 1 atom stereocenters. The number of esters is 1. The standard InChI is InChI=1S/C23H24ClN5O6/c1-5-10-35-23(32)19-14(3)25-15(4)26-20(19)22(31)27-8-9-28(13(2)12-27)21(30)16-6-7-17(24)18(11-16)29(33)34/h5-7,11,13H,1,8-10,12H2,2-4H3. The molecule has 3 rings (SSSR count). The molecule has 0 radical (unpaired) electrons. The highest BCUT2D eigenvalue weighted by Crippen LogP contribution is 2.27. The average molecular weight is 502 g/mol. The van der Waals surface area contributed by atoms with Gasteiger partial charge in [-0.25, -0.2) is 14.8 Å². The van der Waals surface area contributed by atoms with Crippen molar-refractivity contribution in [1.82, 2.24) is 19.8 Å². The zero-order chi connectivity index (χ0) is 25.9. The highest BCUT2D eigenvalue weighted by atomic mass is 35.5. The fourth-order valence-corrected chi connectivity index (χ4v) is 4.05. The molecule has 2 amide bonds. The maximum absolute atomic E-state index is 13.4. The Labute approximate surface area is 206 Å². The van der Waals surface area contributed by atoms with Gasteiger partial charge in [-0.2, -0.15) is 0 Å². The normalized spacial score (nSPS) is 15.5. The SMILES string of the molecule is C=CCOC(=O)c1c(C)nc(C)nc1C(=O)N1CCN(C(=O)c2ccc(Cl)c([N+](=O)[O-])c2)C(C)C1. The molecular weight excluding hydrogens is 478 g/mol. The van der Waals surface area contributed by atoms with Crippen LogP contribution in [-0.4, -0.2) is 74.8 Å². The molecule has 0 bridgehead atoms. The van der Waals surface area contributed by atoms with Crippen LogP contribution >= 0.6 is 11.6 Å². The number of carbonyl (C=O) groups is 3. The van der Waals surface area contributed by atoms with Crippen molar-refractivity contribution in [3.05, 3.63) is 74.3 Å². The first-order valence-corrected chi connectivity index (χ1v) is 11.1. The Morgan fingerprint density at radius 1 is 1.26 bits per heavy atom. The molecule has 1 unspecified atom stereocenters. The van der Waals surface area contributed by atoms with Crippen LogP contribution in [0.25, 0.3) is 0 Å². The Hall–Kier alpha value is -3.86. The van der Waals surface area contributed by atoms with Gasteiger partial charge in [0.25, 0.3) is 17.5 Å². The number of rotatable bonds is 6. The van der Waals surface area contributed by atoms with E-state index in [9.17, 15) is 24.5 Å². The van der Waals surface area contributed by atoms with Crippen molar-refractivity contribution in [2.45, 2.75) is 26.8 Å². The molecule has 1 aromatic heterocycles. The van der Waals surface area contributed by atoms with Gasteiger partial charge in [0.15, 0.2) is 0 Å². The van der Waals surface area contributed by atoms with Gasteiger partial charge >= 0.3 is 5.97 Å². The van der Waals surface area contributed by atoms with Gasteiger partial charge in [-0.3, -0.25) is 19.7 Å². The number of carbonyl (C=O) groups excluding carboxylic acids is 3. The van der Waals surface area contributed by atoms with E-state index in [0.29, 0.717) is 11.5 Å². The van der Waals surface area contributed by atoms with Gasteiger partial charge in [-0.1, -0.05) is 24.3 Å². The number of piperazine rings is 1. The number of hydrogen-bond acceptors (Lipinski definition) is 8. The summed E-state index contributed by atoms with van der Waals surface area (Å²) >= 11 is 5.85. The lowest BCUT2D eigenvalue weighted by molar-refractivity contribution is -0.384. The number of benzene rings is 1. The summed E-state index contributed by atoms with van der Waals surface area (Å²) in [5, 5.41) is 11.1. The minimum atomic E-state index is -0.725. The summed E-state index contributed by atoms with van der Waals surface area (Å²) in [6.45, 7) is 8.98. The van der Waals surface area contributed by atoms with Crippen LogP contribution in [0.3, 0.4) is 0 Å². The van der Waals surface area contributed by atoms with Crippen LogP contribution in [0.15, 0.2) is 30.9 Å². The molecule has 0 spiro atoms. The van der Waals surface area contributed by atoms with E-state index in [0.717, 1.165) is 6.07 Å². The number of nitro benzene ring substituents is 1. The molecule has 1 aromatic carbocycles. The van der Waals surface area contributed by atoms with E-state index in [1.807, 2.05) is 0 Å². The van der Waals surface area contributed by atoms with Crippen molar-refractivity contribution in [3.8, 4) is 0 Å². The first-order chi connectivity index (χ1) is 16.5. The average Bonchev–Trinajstić information content (AvgIpc) is 2.81. The highest BCUT2D eigenvalue weighted by molar-refractivity contribution is 6.32. The molecule has 2 heterocycles. The summed E-state index contributed by atoms with van der Waals surface area (Å²) in [6, 6.07) is 3.47. The molecule has 2 aromatic rings. The Balaban J connectivity index is 1.81. The lowest BCUT2D eigenvalue weighted by Crippen LogP contribution is -2.55. The van der Waals surface area contributed by atoms with Crippen LogP contribution in [0, 0.1) is 24.0 Å². The van der Waals surface area contributed by atoms with Crippen LogP contribution in [0.2, 0.25) is 5.02 Å². The van der Waals surface area contributed by atoms with Gasteiger partial charge in [-0.05, 0) is 32.9 Å². The molecule has 1 aliphatic rings. The molecule has 35 heavy (non-hydrogen) atoms. The molecule has 0 saturated carbocycles. The fourth-order valence-electron chi connectivity index (χ4n) is 3.86. The maximum Gasteiger partial charge on any atom is 0.342 e. The van der Waals surface area contributed by atoms with Crippen molar-refractivity contribution in [1.29, 1.82) is 0 Å². The van der Waals surface area contributed by atoms with E-state index in [4.69, 9.17) is 16.3 Å². The molecule has 1 aliphatic heterocycles. The number of aromatic nitrogens is 2. The van der Waals surface area contributed by atoms with Gasteiger partial charge in [0.1, 0.15) is 28.7 Å². The molecule has 0 aliphatic carbocycles. The Bertz CT molecular complexity index is 1220. The van der Waals surface area contributed by atoms with E-state index in [1.165, 1.54) is 28.0 Å². The largest absolute Gasteiger partial charge is 0.458 e. The molecule has 12 heteroatoms. The third kappa shape index (κ3) is 5.46. The van der Waals surface area contributed by atoms with Crippen molar-refractivity contribution < 1.29 is 24.0 Å². The van der Waals surface area contributed by atoms with Gasteiger partial charge in [0.05, 0.1) is 10.6 Å². The molecular formula is C23H24ClN5O6. The fraction of sp³-hybridized carbons (Fsp3) is 0.348. The monoisotopic (exact) mass is 501 g/mol. The van der Waals surface area contributed by atoms with Crippen LogP contribution in [0.1, 0.15) is 49.6 Å². The summed E-state index contributed by atoms with van der Waals surface area (Å²) in [5.41, 5.74) is 0.0129. The Kier molecular flexibility index (Phi) is 7.80. The van der Waals surface area contributed by atoms with Crippen LogP contribution in [0.4, 0.5) is 5.69 Å². The summed E-state index contributed by atoms with van der Waals surface area (Å²) in [6.07, 6.45) is 1.41. The summed E-state index contributed by atoms with van der Waals surface area (Å²) in [5.74, 6) is -1.29. The third-order valence-electron chi connectivity index (χ3n) is 5.51. The van der Waals surface area contributed by atoms with E-state index in [1.54, 1.807) is 20.8 Å². The Morgan fingerprint density at radius 2 is 1.97 bits per heavy atom. The number of amides is 2. The van der Waals surface area contributed by atoms with Crippen molar-refractivity contribution in [2.24, 2.45) is 0 Å². The molecule has 11 nitrogen and oxygen atoms in total. The van der Waals surface area contributed by atoms with E-state index < -0.39 is 28.7 Å². The number of nitrogens with zero attached hydrogens (tertiary/aromatic N) is 5. The lowest BCUT2D eigenvalue weighted by Gasteiger charge is -2.40. The van der Waals surface area contributed by atoms with Crippen molar-refractivity contribution in [2.75, 3.05) is 26.2 Å². The quantitative estimate of drug-likeness (QED) is 0.255. The second-order valence-corrected chi connectivity index (χ2v) is 8.40. The number of hydrogen-bond donors (Lipinski definition) is 0. The number of aryl methyl sites for hydroxylation is 2. The second-order valence-electron chi connectivity index (χ2n) is 7.99. The van der Waals surface area contributed by atoms with Crippen LogP contribution in [-0.2, 0) is 4.74 Å². The number of halogens is 1. The predicted molar refractivity (Wildman–Crippen MR) is 126 cm³/mol. The molecule has 184 valence electrons. The van der Waals surface area contributed by atoms with Crippen molar-refractivity contribution in [3.63, 3.8) is 0 Å². The third-order valence-corrected chi connectivity index (χ3v) is 5.83. The van der Waals surface area contributed by atoms with Gasteiger partial charge < -0.3 is 14.5 Å².